The van der Waals surface area contributed by atoms with E-state index in [2.05, 4.69) is 15.3 Å². The first-order chi connectivity index (χ1) is 15.1. The number of aromatic nitrogens is 3. The van der Waals surface area contributed by atoms with Gasteiger partial charge in [-0.05, 0) is 17.7 Å². The van der Waals surface area contributed by atoms with Gasteiger partial charge in [0.15, 0.2) is 0 Å². The van der Waals surface area contributed by atoms with E-state index in [1.54, 1.807) is 31.9 Å². The first-order valence-electron chi connectivity index (χ1n) is 9.61. The third-order valence-corrected chi connectivity index (χ3v) is 5.75. The van der Waals surface area contributed by atoms with Crippen LogP contribution in [-0.4, -0.2) is 34.7 Å². The lowest BCUT2D eigenvalue weighted by Gasteiger charge is -2.20. The number of ether oxygens (including phenoxy) is 2. The van der Waals surface area contributed by atoms with Gasteiger partial charge in [-0.1, -0.05) is 30.3 Å². The summed E-state index contributed by atoms with van der Waals surface area (Å²) in [5.41, 5.74) is 2.13. The number of nitrogens with one attached hydrogen (secondary N) is 1. The number of imidazole rings is 1. The number of methoxy groups -OCH3 is 2. The van der Waals surface area contributed by atoms with E-state index in [9.17, 15) is 4.79 Å². The molecule has 7 nitrogen and oxygen atoms in total. The van der Waals surface area contributed by atoms with Crippen LogP contribution < -0.4 is 14.8 Å². The maximum Gasteiger partial charge on any atom is 0.271 e. The van der Waals surface area contributed by atoms with Crippen LogP contribution in [0.3, 0.4) is 0 Å². The summed E-state index contributed by atoms with van der Waals surface area (Å²) in [5.74, 6) is 1.65. The number of benzene rings is 2. The van der Waals surface area contributed by atoms with Crippen molar-refractivity contribution < 1.29 is 14.3 Å². The maximum absolute atomic E-state index is 13.1. The molecule has 1 unspecified atom stereocenters. The zero-order chi connectivity index (χ0) is 21.8. The van der Waals surface area contributed by atoms with Crippen LogP contribution in [0.2, 0.25) is 0 Å². The molecule has 0 aliphatic carbocycles. The lowest BCUT2D eigenvalue weighted by atomic mass is 10.0. The standard InChI is InChI=1S/C23H22N4O3S/c1-27-10-9-24-21(27)20(16-11-17(29-2)13-18(12-16)30-3)26-22(28)19-14-31-23(25-19)15-7-5-4-6-8-15/h4-14,20H,1-3H3,(H,26,28). The summed E-state index contributed by atoms with van der Waals surface area (Å²) in [6.45, 7) is 0. The summed E-state index contributed by atoms with van der Waals surface area (Å²) in [5, 5.41) is 5.63. The quantitative estimate of drug-likeness (QED) is 0.474. The van der Waals surface area contributed by atoms with E-state index < -0.39 is 6.04 Å². The topological polar surface area (TPSA) is 78.3 Å². The van der Waals surface area contributed by atoms with E-state index in [1.165, 1.54) is 11.3 Å². The van der Waals surface area contributed by atoms with Gasteiger partial charge >= 0.3 is 0 Å². The van der Waals surface area contributed by atoms with Crippen molar-refractivity contribution in [3.8, 4) is 22.1 Å². The number of carbonyl (C=O) groups excluding carboxylic acids is 1. The minimum absolute atomic E-state index is 0.284. The number of nitrogens with zero attached hydrogens (tertiary/aromatic N) is 3. The molecule has 1 amide bonds. The molecule has 0 fully saturated rings. The Balaban J connectivity index is 1.67. The molecular weight excluding hydrogens is 412 g/mol. The van der Waals surface area contributed by atoms with Crippen molar-refractivity contribution in [2.24, 2.45) is 7.05 Å². The van der Waals surface area contributed by atoms with Gasteiger partial charge in [0.05, 0.1) is 14.2 Å². The average molecular weight is 435 g/mol. The van der Waals surface area contributed by atoms with Crippen LogP contribution in [0, 0.1) is 0 Å². The fourth-order valence-corrected chi connectivity index (χ4v) is 4.05. The van der Waals surface area contributed by atoms with Crippen molar-refractivity contribution in [2.45, 2.75) is 6.04 Å². The Kier molecular flexibility index (Phi) is 5.99. The summed E-state index contributed by atoms with van der Waals surface area (Å²) in [6.07, 6.45) is 3.53. The zero-order valence-electron chi connectivity index (χ0n) is 17.4. The van der Waals surface area contributed by atoms with Crippen molar-refractivity contribution in [3.63, 3.8) is 0 Å². The zero-order valence-corrected chi connectivity index (χ0v) is 18.2. The van der Waals surface area contributed by atoms with Gasteiger partial charge in [0, 0.05) is 36.5 Å². The Morgan fingerprint density at radius 2 is 1.81 bits per heavy atom. The minimum atomic E-state index is -0.515. The molecular formula is C23H22N4O3S. The average Bonchev–Trinajstić information content (AvgIpc) is 3.47. The fourth-order valence-electron chi connectivity index (χ4n) is 3.24. The van der Waals surface area contributed by atoms with Crippen molar-refractivity contribution in [1.82, 2.24) is 19.9 Å². The summed E-state index contributed by atoms with van der Waals surface area (Å²) in [6, 6.07) is 14.8. The number of hydrogen-bond acceptors (Lipinski definition) is 6. The van der Waals surface area contributed by atoms with Crippen LogP contribution in [0.4, 0.5) is 0 Å². The van der Waals surface area contributed by atoms with Gasteiger partial charge in [0.1, 0.15) is 34.1 Å². The SMILES string of the molecule is COc1cc(OC)cc(C(NC(=O)c2csc(-c3ccccc3)n2)c2nccn2C)c1. The van der Waals surface area contributed by atoms with E-state index in [0.29, 0.717) is 23.0 Å². The summed E-state index contributed by atoms with van der Waals surface area (Å²) in [7, 11) is 5.07. The van der Waals surface area contributed by atoms with Crippen LogP contribution >= 0.6 is 11.3 Å². The molecule has 2 aromatic heterocycles. The van der Waals surface area contributed by atoms with Gasteiger partial charge in [-0.3, -0.25) is 4.79 Å². The highest BCUT2D eigenvalue weighted by atomic mass is 32.1. The molecule has 1 N–H and O–H groups in total. The number of amides is 1. The van der Waals surface area contributed by atoms with Gasteiger partial charge in [-0.15, -0.1) is 11.3 Å². The molecule has 1 atom stereocenters. The first kappa shape index (κ1) is 20.6. The molecule has 0 aliphatic heterocycles. The highest BCUT2D eigenvalue weighted by molar-refractivity contribution is 7.13. The normalized spacial score (nSPS) is 11.7. The van der Waals surface area contributed by atoms with E-state index in [-0.39, 0.29) is 5.91 Å². The van der Waals surface area contributed by atoms with E-state index in [0.717, 1.165) is 16.1 Å². The predicted octanol–water partition coefficient (Wildman–Crippen LogP) is 4.08. The van der Waals surface area contributed by atoms with Crippen LogP contribution in [0.25, 0.3) is 10.6 Å². The number of hydrogen-bond donors (Lipinski definition) is 1. The molecule has 4 aromatic rings. The van der Waals surface area contributed by atoms with Crippen molar-refractivity contribution >= 4 is 17.2 Å². The second-order valence-corrected chi connectivity index (χ2v) is 7.71. The van der Waals surface area contributed by atoms with Crippen LogP contribution in [0.5, 0.6) is 11.5 Å². The fraction of sp³-hybridized carbons (Fsp3) is 0.174. The van der Waals surface area contributed by atoms with Gasteiger partial charge in [-0.25, -0.2) is 9.97 Å². The molecule has 158 valence electrons. The Hall–Kier alpha value is -3.65. The molecule has 0 aliphatic rings. The number of rotatable bonds is 7. The lowest BCUT2D eigenvalue weighted by Crippen LogP contribution is -2.31. The number of carbonyl (C=O) groups is 1. The Bertz CT molecular complexity index is 1160. The molecule has 0 saturated heterocycles. The summed E-state index contributed by atoms with van der Waals surface area (Å²) >= 11 is 1.43. The molecule has 2 aromatic carbocycles. The van der Waals surface area contributed by atoms with Gasteiger partial charge < -0.3 is 19.4 Å². The molecule has 4 rings (SSSR count). The van der Waals surface area contributed by atoms with Gasteiger partial charge in [0.2, 0.25) is 0 Å². The van der Waals surface area contributed by atoms with Gasteiger partial charge in [0.25, 0.3) is 5.91 Å². The van der Waals surface area contributed by atoms with Crippen LogP contribution in [0.1, 0.15) is 27.9 Å². The second kappa shape index (κ2) is 9.01. The van der Waals surface area contributed by atoms with Crippen molar-refractivity contribution in [2.75, 3.05) is 14.2 Å². The molecule has 0 bridgehead atoms. The third kappa shape index (κ3) is 4.44. The van der Waals surface area contributed by atoms with Crippen molar-refractivity contribution in [3.05, 3.63) is 83.4 Å². The molecule has 31 heavy (non-hydrogen) atoms. The van der Waals surface area contributed by atoms with E-state index in [1.807, 2.05) is 60.3 Å². The summed E-state index contributed by atoms with van der Waals surface area (Å²) < 4.78 is 12.7. The highest BCUT2D eigenvalue weighted by Crippen LogP contribution is 2.30. The molecule has 0 radical (unpaired) electrons. The largest absolute Gasteiger partial charge is 0.497 e. The second-order valence-electron chi connectivity index (χ2n) is 6.85. The predicted molar refractivity (Wildman–Crippen MR) is 120 cm³/mol. The smallest absolute Gasteiger partial charge is 0.271 e. The Morgan fingerprint density at radius 3 is 2.42 bits per heavy atom. The lowest BCUT2D eigenvalue weighted by molar-refractivity contribution is 0.0936. The van der Waals surface area contributed by atoms with Gasteiger partial charge in [-0.2, -0.15) is 0 Å². The minimum Gasteiger partial charge on any atom is -0.497 e. The first-order valence-corrected chi connectivity index (χ1v) is 10.5. The van der Waals surface area contributed by atoms with E-state index >= 15 is 0 Å². The van der Waals surface area contributed by atoms with Crippen LogP contribution in [0.15, 0.2) is 66.3 Å². The Morgan fingerprint density at radius 1 is 1.10 bits per heavy atom. The van der Waals surface area contributed by atoms with Crippen LogP contribution in [-0.2, 0) is 7.05 Å². The number of aryl methyl sites for hydroxylation is 1. The molecule has 8 heteroatoms. The highest BCUT2D eigenvalue weighted by Gasteiger charge is 2.24. The molecule has 0 spiro atoms. The molecule has 0 saturated carbocycles. The van der Waals surface area contributed by atoms with E-state index in [4.69, 9.17) is 9.47 Å². The maximum atomic E-state index is 13.1. The molecule has 2 heterocycles. The third-order valence-electron chi connectivity index (χ3n) is 4.86. The van der Waals surface area contributed by atoms with Crippen molar-refractivity contribution in [1.29, 1.82) is 0 Å². The Labute approximate surface area is 184 Å². The summed E-state index contributed by atoms with van der Waals surface area (Å²) in [4.78, 5) is 22.1. The number of thiazole rings is 1. The monoisotopic (exact) mass is 434 g/mol.